The molecule has 21 heavy (non-hydrogen) atoms. The van der Waals surface area contributed by atoms with Crippen LogP contribution in [0, 0.1) is 5.92 Å². The molecular formula is C15H29N3O3. The van der Waals surface area contributed by atoms with Gasteiger partial charge < -0.3 is 20.6 Å². The minimum atomic E-state index is -0.753. The smallest absolute Gasteiger partial charge is 0.315 e. The highest BCUT2D eigenvalue weighted by Gasteiger charge is 2.27. The van der Waals surface area contributed by atoms with Gasteiger partial charge in [0.15, 0.2) is 0 Å². The molecule has 0 bridgehead atoms. The number of carboxylic acid groups (broad SMARTS) is 1. The summed E-state index contributed by atoms with van der Waals surface area (Å²) in [5.41, 5.74) is 0. The van der Waals surface area contributed by atoms with Crippen molar-refractivity contribution in [2.75, 3.05) is 19.6 Å². The summed E-state index contributed by atoms with van der Waals surface area (Å²) in [6.07, 6.45) is 2.97. The van der Waals surface area contributed by atoms with Crippen molar-refractivity contribution >= 4 is 12.0 Å². The number of carboxylic acids is 1. The minimum absolute atomic E-state index is 0.0273. The second-order valence-electron chi connectivity index (χ2n) is 5.90. The predicted octanol–water partition coefficient (Wildman–Crippen LogP) is 1.66. The molecule has 0 radical (unpaired) electrons. The Morgan fingerprint density at radius 3 is 2.52 bits per heavy atom. The first-order valence-corrected chi connectivity index (χ1v) is 7.98. The summed E-state index contributed by atoms with van der Waals surface area (Å²) >= 11 is 0. The van der Waals surface area contributed by atoms with Gasteiger partial charge >= 0.3 is 12.0 Å². The Bertz CT molecular complexity index is 345. The molecule has 6 heteroatoms. The fourth-order valence-corrected chi connectivity index (χ4v) is 2.91. The average molecular weight is 299 g/mol. The Morgan fingerprint density at radius 2 is 1.95 bits per heavy atom. The van der Waals surface area contributed by atoms with Crippen molar-refractivity contribution in [2.24, 2.45) is 5.92 Å². The largest absolute Gasteiger partial charge is 0.481 e. The van der Waals surface area contributed by atoms with Crippen molar-refractivity contribution in [3.8, 4) is 0 Å². The van der Waals surface area contributed by atoms with Crippen molar-refractivity contribution in [3.63, 3.8) is 0 Å². The number of aliphatic carboxylic acids is 1. The van der Waals surface area contributed by atoms with Crippen LogP contribution in [0.3, 0.4) is 0 Å². The number of carbonyl (C=O) groups excluding carboxylic acids is 1. The van der Waals surface area contributed by atoms with E-state index in [4.69, 9.17) is 5.11 Å². The third-order valence-electron chi connectivity index (χ3n) is 4.16. The Kier molecular flexibility index (Phi) is 7.50. The molecule has 122 valence electrons. The quantitative estimate of drug-likeness (QED) is 0.668. The molecule has 6 nitrogen and oxygen atoms in total. The highest BCUT2D eigenvalue weighted by molar-refractivity contribution is 5.75. The lowest BCUT2D eigenvalue weighted by Crippen LogP contribution is -2.50. The SMILES string of the molecule is CCN(CC)CC(C)NC(=O)NC1CCCC(C(=O)O)C1. The van der Waals surface area contributed by atoms with Gasteiger partial charge in [0.2, 0.25) is 0 Å². The molecule has 0 aromatic rings. The van der Waals surface area contributed by atoms with Crippen molar-refractivity contribution in [1.82, 2.24) is 15.5 Å². The number of amides is 2. The van der Waals surface area contributed by atoms with Crippen LogP contribution >= 0.6 is 0 Å². The molecule has 0 heterocycles. The topological polar surface area (TPSA) is 81.7 Å². The number of urea groups is 1. The molecule has 1 aliphatic carbocycles. The Balaban J connectivity index is 2.34. The second kappa shape index (κ2) is 8.87. The molecule has 1 aliphatic rings. The van der Waals surface area contributed by atoms with E-state index in [9.17, 15) is 9.59 Å². The molecule has 3 unspecified atom stereocenters. The zero-order valence-electron chi connectivity index (χ0n) is 13.4. The van der Waals surface area contributed by atoms with Crippen LogP contribution in [0.4, 0.5) is 4.79 Å². The molecule has 1 fully saturated rings. The Hall–Kier alpha value is -1.30. The maximum Gasteiger partial charge on any atom is 0.315 e. The van der Waals surface area contributed by atoms with Crippen molar-refractivity contribution in [1.29, 1.82) is 0 Å². The third-order valence-corrected chi connectivity index (χ3v) is 4.16. The van der Waals surface area contributed by atoms with Crippen LogP contribution in [0.25, 0.3) is 0 Å². The number of hydrogen-bond acceptors (Lipinski definition) is 3. The summed E-state index contributed by atoms with van der Waals surface area (Å²) < 4.78 is 0. The van der Waals surface area contributed by atoms with Crippen molar-refractivity contribution in [3.05, 3.63) is 0 Å². The van der Waals surface area contributed by atoms with Gasteiger partial charge in [-0.2, -0.15) is 0 Å². The van der Waals surface area contributed by atoms with E-state index in [-0.39, 0.29) is 24.0 Å². The zero-order valence-corrected chi connectivity index (χ0v) is 13.4. The van der Waals surface area contributed by atoms with E-state index in [0.29, 0.717) is 12.8 Å². The van der Waals surface area contributed by atoms with E-state index >= 15 is 0 Å². The molecule has 0 spiro atoms. The average Bonchev–Trinajstić information content (AvgIpc) is 2.44. The van der Waals surface area contributed by atoms with Gasteiger partial charge in [0.05, 0.1) is 5.92 Å². The first-order valence-electron chi connectivity index (χ1n) is 7.98. The molecule has 3 N–H and O–H groups in total. The van der Waals surface area contributed by atoms with Gasteiger partial charge in [-0.25, -0.2) is 4.79 Å². The van der Waals surface area contributed by atoms with Crippen molar-refractivity contribution < 1.29 is 14.7 Å². The summed E-state index contributed by atoms with van der Waals surface area (Å²) in [4.78, 5) is 25.2. The lowest BCUT2D eigenvalue weighted by molar-refractivity contribution is -0.143. The normalized spacial score (nSPS) is 23.6. The number of carbonyl (C=O) groups is 2. The summed E-state index contributed by atoms with van der Waals surface area (Å²) in [6.45, 7) is 8.94. The molecule has 0 aromatic carbocycles. The van der Waals surface area contributed by atoms with Gasteiger partial charge in [-0.1, -0.05) is 20.3 Å². The van der Waals surface area contributed by atoms with Gasteiger partial charge in [0.25, 0.3) is 0 Å². The van der Waals surface area contributed by atoms with E-state index in [1.165, 1.54) is 0 Å². The van der Waals surface area contributed by atoms with E-state index in [2.05, 4.69) is 29.4 Å². The number of nitrogens with zero attached hydrogens (tertiary/aromatic N) is 1. The highest BCUT2D eigenvalue weighted by Crippen LogP contribution is 2.24. The lowest BCUT2D eigenvalue weighted by atomic mass is 9.86. The van der Waals surface area contributed by atoms with E-state index < -0.39 is 5.97 Å². The fraction of sp³-hybridized carbons (Fsp3) is 0.867. The standard InChI is InChI=1S/C15H29N3O3/c1-4-18(5-2)10-11(3)16-15(21)17-13-8-6-7-12(9-13)14(19)20/h11-13H,4-10H2,1-3H3,(H,19,20)(H2,16,17,21). The zero-order chi connectivity index (χ0) is 15.8. The van der Waals surface area contributed by atoms with Gasteiger partial charge in [0, 0.05) is 18.6 Å². The molecule has 1 saturated carbocycles. The number of rotatable bonds is 7. The van der Waals surface area contributed by atoms with Crippen LogP contribution < -0.4 is 10.6 Å². The minimum Gasteiger partial charge on any atom is -0.481 e. The number of hydrogen-bond donors (Lipinski definition) is 3. The van der Waals surface area contributed by atoms with Gasteiger partial charge in [-0.05, 0) is 39.3 Å². The molecule has 3 atom stereocenters. The Morgan fingerprint density at radius 1 is 1.29 bits per heavy atom. The summed E-state index contributed by atoms with van der Waals surface area (Å²) in [6, 6.07) is -0.144. The fourth-order valence-electron chi connectivity index (χ4n) is 2.91. The third kappa shape index (κ3) is 6.33. The molecule has 0 aromatic heterocycles. The number of likely N-dealkylation sites (N-methyl/N-ethyl adjacent to an activating group) is 1. The Labute approximate surface area is 127 Å². The molecular weight excluding hydrogens is 270 g/mol. The van der Waals surface area contributed by atoms with Gasteiger partial charge in [0.1, 0.15) is 0 Å². The lowest BCUT2D eigenvalue weighted by Gasteiger charge is -2.29. The van der Waals surface area contributed by atoms with E-state index in [0.717, 1.165) is 32.5 Å². The number of nitrogens with one attached hydrogen (secondary N) is 2. The van der Waals surface area contributed by atoms with Crippen molar-refractivity contribution in [2.45, 2.75) is 58.5 Å². The first kappa shape index (κ1) is 17.8. The molecule has 2 amide bonds. The van der Waals surface area contributed by atoms with Gasteiger partial charge in [-0.15, -0.1) is 0 Å². The molecule has 0 saturated heterocycles. The molecule has 1 rings (SSSR count). The highest BCUT2D eigenvalue weighted by atomic mass is 16.4. The maximum atomic E-state index is 12.0. The van der Waals surface area contributed by atoms with Crippen LogP contribution in [0.2, 0.25) is 0 Å². The van der Waals surface area contributed by atoms with Gasteiger partial charge in [-0.3, -0.25) is 4.79 Å². The van der Waals surface area contributed by atoms with Crippen LogP contribution in [0.1, 0.15) is 46.5 Å². The predicted molar refractivity (Wildman–Crippen MR) is 82.3 cm³/mol. The van der Waals surface area contributed by atoms with Crippen LogP contribution in [-0.4, -0.2) is 53.7 Å². The van der Waals surface area contributed by atoms with E-state index in [1.807, 2.05) is 6.92 Å². The second-order valence-corrected chi connectivity index (χ2v) is 5.90. The first-order chi connectivity index (χ1) is 9.96. The van der Waals surface area contributed by atoms with Crippen LogP contribution in [0.15, 0.2) is 0 Å². The molecule has 0 aliphatic heterocycles. The van der Waals surface area contributed by atoms with Crippen LogP contribution in [0.5, 0.6) is 0 Å². The summed E-state index contributed by atoms with van der Waals surface area (Å²) in [7, 11) is 0. The summed E-state index contributed by atoms with van der Waals surface area (Å²) in [5, 5.41) is 14.9. The summed E-state index contributed by atoms with van der Waals surface area (Å²) in [5.74, 6) is -1.08. The van der Waals surface area contributed by atoms with Crippen LogP contribution in [-0.2, 0) is 4.79 Å². The van der Waals surface area contributed by atoms with E-state index in [1.54, 1.807) is 0 Å². The maximum absolute atomic E-state index is 12.0. The monoisotopic (exact) mass is 299 g/mol.